The Bertz CT molecular complexity index is 1170. The van der Waals surface area contributed by atoms with Gasteiger partial charge in [-0.2, -0.15) is 0 Å². The van der Waals surface area contributed by atoms with Gasteiger partial charge in [0.25, 0.3) is 12.3 Å². The van der Waals surface area contributed by atoms with E-state index in [9.17, 15) is 13.6 Å². The maximum Gasteiger partial charge on any atom is 0.262 e. The maximum absolute atomic E-state index is 13.3. The van der Waals surface area contributed by atoms with Crippen LogP contribution >= 0.6 is 18.1 Å². The highest BCUT2D eigenvalue weighted by atomic mass is 35.5. The molecule has 1 heterocycles. The molecule has 34 heavy (non-hydrogen) atoms. The fourth-order valence-corrected chi connectivity index (χ4v) is 5.66. The molecular weight excluding hydrogens is 503 g/mol. The predicted octanol–water partition coefficient (Wildman–Crippen LogP) is 6.11. The number of carbonyl (C=O) groups excluding carboxylic acids is 1. The summed E-state index contributed by atoms with van der Waals surface area (Å²) in [4.78, 5) is 13.3. The molecule has 2 atom stereocenters. The summed E-state index contributed by atoms with van der Waals surface area (Å²) < 4.78 is 42.2. The second-order valence-corrected chi connectivity index (χ2v) is 12.8. The number of carbonyl (C=O) groups is 1. The molecule has 1 N–H and O–H groups in total. The van der Waals surface area contributed by atoms with E-state index in [1.165, 1.54) is 13.8 Å². The van der Waals surface area contributed by atoms with Crippen molar-refractivity contribution in [3.8, 4) is 11.1 Å². The van der Waals surface area contributed by atoms with Crippen molar-refractivity contribution in [3.05, 3.63) is 63.9 Å². The zero-order valence-electron chi connectivity index (χ0n) is 19.6. The van der Waals surface area contributed by atoms with Gasteiger partial charge in [-0.15, -0.1) is 0 Å². The van der Waals surface area contributed by atoms with Gasteiger partial charge in [0.15, 0.2) is 0 Å². The fourth-order valence-electron chi connectivity index (χ4n) is 4.07. The molecule has 1 amide bonds. The van der Waals surface area contributed by atoms with Crippen molar-refractivity contribution in [1.29, 1.82) is 0 Å². The largest absolute Gasteiger partial charge is 0.445 e. The molecule has 2 aromatic rings. The standard InChI is InChI=1S/C24H27ClF2NO4PS/c1-14-6-11-18(16-7-9-17(25)10-8-16)15(2)20(14)21-22(24(3,13-30-4)28-23(21)29)32-33(5,34)31-12-19(26)27/h6-11,19H,12-13H2,1-5H3,(H,28,29). The molecule has 184 valence electrons. The van der Waals surface area contributed by atoms with Gasteiger partial charge < -0.3 is 19.1 Å². The van der Waals surface area contributed by atoms with Gasteiger partial charge >= 0.3 is 0 Å². The zero-order chi connectivity index (χ0) is 25.3. The number of aryl methyl sites for hydroxylation is 1. The van der Waals surface area contributed by atoms with Crippen LogP contribution in [-0.2, 0) is 30.4 Å². The molecule has 1 aliphatic heterocycles. The Labute approximate surface area is 208 Å². The molecule has 0 aliphatic carbocycles. The van der Waals surface area contributed by atoms with Crippen LogP contribution < -0.4 is 5.32 Å². The van der Waals surface area contributed by atoms with E-state index < -0.39 is 25.1 Å². The SMILES string of the molecule is COCC1(C)NC(=O)C(c2c(C)ccc(-c3ccc(Cl)cc3)c2C)=C1OP(C)(=S)OCC(F)F. The highest BCUT2D eigenvalue weighted by molar-refractivity contribution is 8.09. The third kappa shape index (κ3) is 5.69. The normalized spacial score (nSPS) is 20.0. The quantitative estimate of drug-likeness (QED) is 0.397. The lowest BCUT2D eigenvalue weighted by Crippen LogP contribution is -2.46. The minimum Gasteiger partial charge on any atom is -0.445 e. The minimum absolute atomic E-state index is 0.0940. The van der Waals surface area contributed by atoms with Gasteiger partial charge in [0.1, 0.15) is 17.9 Å². The number of nitrogens with one attached hydrogen (secondary N) is 1. The Morgan fingerprint density at radius 1 is 1.18 bits per heavy atom. The third-order valence-electron chi connectivity index (χ3n) is 5.55. The molecule has 0 bridgehead atoms. The molecule has 0 saturated heterocycles. The first-order chi connectivity index (χ1) is 15.9. The van der Waals surface area contributed by atoms with Gasteiger partial charge in [-0.3, -0.25) is 4.79 Å². The lowest BCUT2D eigenvalue weighted by atomic mass is 9.88. The molecule has 0 radical (unpaired) electrons. The summed E-state index contributed by atoms with van der Waals surface area (Å²) in [5, 5.41) is 3.55. The molecule has 2 unspecified atom stereocenters. The number of halogens is 3. The second-order valence-electron chi connectivity index (χ2n) is 8.41. The molecular formula is C24H27ClF2NO4PS. The van der Waals surface area contributed by atoms with Crippen LogP contribution in [0.3, 0.4) is 0 Å². The number of hydrogen-bond donors (Lipinski definition) is 1. The van der Waals surface area contributed by atoms with Crippen LogP contribution in [0.1, 0.15) is 23.6 Å². The van der Waals surface area contributed by atoms with Crippen molar-refractivity contribution in [2.45, 2.75) is 32.7 Å². The minimum atomic E-state index is -3.16. The Kier molecular flexibility index (Phi) is 8.21. The molecule has 1 aliphatic rings. The van der Waals surface area contributed by atoms with Crippen LogP contribution in [0.15, 0.2) is 42.2 Å². The number of hydrogen-bond acceptors (Lipinski definition) is 5. The molecule has 0 saturated carbocycles. The Balaban J connectivity index is 2.21. The molecule has 0 aromatic heterocycles. The van der Waals surface area contributed by atoms with Crippen LogP contribution in [0, 0.1) is 13.8 Å². The lowest BCUT2D eigenvalue weighted by molar-refractivity contribution is -0.116. The van der Waals surface area contributed by atoms with Crippen LogP contribution in [0.4, 0.5) is 8.78 Å². The summed E-state index contributed by atoms with van der Waals surface area (Å²) in [6.07, 6.45) is -2.69. The van der Waals surface area contributed by atoms with Crippen molar-refractivity contribution in [2.75, 3.05) is 27.0 Å². The first-order valence-corrected chi connectivity index (χ1v) is 14.0. The Morgan fingerprint density at radius 3 is 2.41 bits per heavy atom. The number of amides is 1. The van der Waals surface area contributed by atoms with E-state index in [-0.39, 0.29) is 18.3 Å². The topological polar surface area (TPSA) is 56.8 Å². The first kappa shape index (κ1) is 26.8. The highest BCUT2D eigenvalue weighted by Gasteiger charge is 2.46. The van der Waals surface area contributed by atoms with Gasteiger partial charge in [0.05, 0.1) is 12.2 Å². The summed E-state index contributed by atoms with van der Waals surface area (Å²) in [6, 6.07) is 11.3. The van der Waals surface area contributed by atoms with E-state index in [4.69, 9.17) is 37.2 Å². The molecule has 0 spiro atoms. The summed E-state index contributed by atoms with van der Waals surface area (Å²) in [7, 11) is 1.50. The van der Waals surface area contributed by atoms with Crippen molar-refractivity contribution in [1.82, 2.24) is 5.32 Å². The van der Waals surface area contributed by atoms with E-state index >= 15 is 0 Å². The van der Waals surface area contributed by atoms with Crippen molar-refractivity contribution < 1.29 is 27.4 Å². The van der Waals surface area contributed by atoms with Gasteiger partial charge in [0, 0.05) is 18.8 Å². The number of alkyl halides is 2. The van der Waals surface area contributed by atoms with Crippen molar-refractivity contribution in [3.63, 3.8) is 0 Å². The average Bonchev–Trinajstić information content (AvgIpc) is 2.97. The van der Waals surface area contributed by atoms with Crippen molar-refractivity contribution >= 4 is 41.4 Å². The molecule has 10 heteroatoms. The van der Waals surface area contributed by atoms with E-state index in [0.717, 1.165) is 22.3 Å². The maximum atomic E-state index is 13.3. The molecule has 0 fully saturated rings. The zero-order valence-corrected chi connectivity index (χ0v) is 22.0. The van der Waals surface area contributed by atoms with Crippen LogP contribution in [0.5, 0.6) is 0 Å². The number of rotatable bonds is 9. The van der Waals surface area contributed by atoms with E-state index in [1.54, 1.807) is 19.1 Å². The molecule has 2 aromatic carbocycles. The van der Waals surface area contributed by atoms with Crippen LogP contribution in [-0.4, -0.2) is 44.9 Å². The summed E-state index contributed by atoms with van der Waals surface area (Å²) in [5.41, 5.74) is 3.48. The second kappa shape index (κ2) is 10.4. The predicted molar refractivity (Wildman–Crippen MR) is 135 cm³/mol. The smallest absolute Gasteiger partial charge is 0.262 e. The number of ether oxygens (including phenoxy) is 1. The number of benzene rings is 2. The van der Waals surface area contributed by atoms with E-state index in [2.05, 4.69) is 5.32 Å². The van der Waals surface area contributed by atoms with Gasteiger partial charge in [-0.1, -0.05) is 35.9 Å². The van der Waals surface area contributed by atoms with Gasteiger partial charge in [0.2, 0.25) is 6.49 Å². The monoisotopic (exact) mass is 529 g/mol. The van der Waals surface area contributed by atoms with Gasteiger partial charge in [-0.05, 0) is 72.5 Å². The summed E-state index contributed by atoms with van der Waals surface area (Å²) in [5.74, 6) is -0.128. The van der Waals surface area contributed by atoms with E-state index in [1.807, 2.05) is 38.1 Å². The number of methoxy groups -OCH3 is 1. The highest BCUT2D eigenvalue weighted by Crippen LogP contribution is 2.52. The summed E-state index contributed by atoms with van der Waals surface area (Å²) >= 11 is 11.5. The van der Waals surface area contributed by atoms with Gasteiger partial charge in [-0.25, -0.2) is 8.78 Å². The fraction of sp³-hybridized carbons (Fsp3) is 0.375. The Morgan fingerprint density at radius 2 is 1.82 bits per heavy atom. The lowest BCUT2D eigenvalue weighted by Gasteiger charge is -2.30. The molecule has 5 nitrogen and oxygen atoms in total. The summed E-state index contributed by atoms with van der Waals surface area (Å²) in [6.45, 7) is 3.12. The first-order valence-electron chi connectivity index (χ1n) is 10.5. The van der Waals surface area contributed by atoms with Crippen LogP contribution in [0.25, 0.3) is 16.7 Å². The van der Waals surface area contributed by atoms with Crippen LogP contribution in [0.2, 0.25) is 5.02 Å². The molecule has 3 rings (SSSR count). The third-order valence-corrected chi connectivity index (χ3v) is 7.47. The Hall–Kier alpha value is -1.83. The van der Waals surface area contributed by atoms with Crippen molar-refractivity contribution in [2.24, 2.45) is 0 Å². The van der Waals surface area contributed by atoms with E-state index in [0.29, 0.717) is 16.2 Å². The average molecular weight is 530 g/mol.